The molecule has 5 heteroatoms. The van der Waals surface area contributed by atoms with Gasteiger partial charge in [-0.3, -0.25) is 4.79 Å². The summed E-state index contributed by atoms with van der Waals surface area (Å²) in [4.78, 5) is 11.6. The lowest BCUT2D eigenvalue weighted by Crippen LogP contribution is -2.27. The standard InChI is InChI=1S/C12H14F2N2O/c13-9-4-1-5-10(14)12(9)16-11(17)7-8-3-2-6-15-8/h1,4-5,8,15H,2-3,6-7H2,(H,16,17). The SMILES string of the molecule is O=C(CC1CCCN1)Nc1c(F)cccc1F. The molecule has 1 fully saturated rings. The number of benzene rings is 1. The average molecular weight is 240 g/mol. The van der Waals surface area contributed by atoms with E-state index in [-0.39, 0.29) is 24.1 Å². The zero-order valence-corrected chi connectivity index (χ0v) is 9.30. The van der Waals surface area contributed by atoms with Crippen LogP contribution in [0.2, 0.25) is 0 Å². The summed E-state index contributed by atoms with van der Waals surface area (Å²) in [6.45, 7) is 0.895. The summed E-state index contributed by atoms with van der Waals surface area (Å²) in [5.74, 6) is -1.87. The first-order valence-electron chi connectivity index (χ1n) is 5.64. The molecule has 0 radical (unpaired) electrons. The fourth-order valence-corrected chi connectivity index (χ4v) is 1.96. The summed E-state index contributed by atoms with van der Waals surface area (Å²) in [5.41, 5.74) is -0.365. The third-order valence-electron chi connectivity index (χ3n) is 2.82. The van der Waals surface area contributed by atoms with Gasteiger partial charge in [-0.2, -0.15) is 0 Å². The molecule has 0 spiro atoms. The molecule has 1 amide bonds. The van der Waals surface area contributed by atoms with E-state index in [1.165, 1.54) is 6.07 Å². The van der Waals surface area contributed by atoms with Crippen molar-refractivity contribution in [3.8, 4) is 0 Å². The van der Waals surface area contributed by atoms with Gasteiger partial charge < -0.3 is 10.6 Å². The van der Waals surface area contributed by atoms with Gasteiger partial charge in [0.1, 0.15) is 17.3 Å². The van der Waals surface area contributed by atoms with Gasteiger partial charge in [-0.25, -0.2) is 8.78 Å². The number of amides is 1. The van der Waals surface area contributed by atoms with Gasteiger partial charge in [-0.05, 0) is 31.5 Å². The Balaban J connectivity index is 1.97. The molecule has 1 aromatic carbocycles. The van der Waals surface area contributed by atoms with E-state index >= 15 is 0 Å². The van der Waals surface area contributed by atoms with Crippen LogP contribution >= 0.6 is 0 Å². The van der Waals surface area contributed by atoms with Crippen molar-refractivity contribution in [2.24, 2.45) is 0 Å². The van der Waals surface area contributed by atoms with Crippen LogP contribution in [-0.4, -0.2) is 18.5 Å². The Morgan fingerprint density at radius 1 is 1.41 bits per heavy atom. The van der Waals surface area contributed by atoms with Crippen molar-refractivity contribution in [1.82, 2.24) is 5.32 Å². The third kappa shape index (κ3) is 3.00. The van der Waals surface area contributed by atoms with E-state index in [0.717, 1.165) is 31.5 Å². The molecule has 17 heavy (non-hydrogen) atoms. The second-order valence-corrected chi connectivity index (χ2v) is 4.14. The van der Waals surface area contributed by atoms with Crippen molar-refractivity contribution in [2.45, 2.75) is 25.3 Å². The number of carbonyl (C=O) groups excluding carboxylic acids is 1. The van der Waals surface area contributed by atoms with Gasteiger partial charge in [0.25, 0.3) is 0 Å². The molecule has 2 rings (SSSR count). The summed E-state index contributed by atoms with van der Waals surface area (Å²) < 4.78 is 26.5. The molecule has 3 nitrogen and oxygen atoms in total. The molecule has 1 aliphatic rings. The number of hydrogen-bond acceptors (Lipinski definition) is 2. The van der Waals surface area contributed by atoms with Gasteiger partial charge in [-0.15, -0.1) is 0 Å². The Morgan fingerprint density at radius 3 is 2.71 bits per heavy atom. The Kier molecular flexibility index (Phi) is 3.68. The molecule has 1 unspecified atom stereocenters. The van der Waals surface area contributed by atoms with Crippen molar-refractivity contribution in [1.29, 1.82) is 0 Å². The lowest BCUT2D eigenvalue weighted by molar-refractivity contribution is -0.116. The quantitative estimate of drug-likeness (QED) is 0.849. The van der Waals surface area contributed by atoms with Gasteiger partial charge in [0.05, 0.1) is 0 Å². The van der Waals surface area contributed by atoms with E-state index in [2.05, 4.69) is 10.6 Å². The number of rotatable bonds is 3. The molecule has 1 aliphatic heterocycles. The van der Waals surface area contributed by atoms with Crippen LogP contribution in [0.5, 0.6) is 0 Å². The van der Waals surface area contributed by atoms with E-state index < -0.39 is 11.6 Å². The molecule has 0 bridgehead atoms. The highest BCUT2D eigenvalue weighted by atomic mass is 19.1. The molecule has 0 aliphatic carbocycles. The first kappa shape index (κ1) is 12.0. The number of para-hydroxylation sites is 1. The van der Waals surface area contributed by atoms with Gasteiger partial charge in [0.15, 0.2) is 0 Å². The van der Waals surface area contributed by atoms with Crippen LogP contribution in [0.25, 0.3) is 0 Å². The number of carbonyl (C=O) groups is 1. The van der Waals surface area contributed by atoms with E-state index in [1.54, 1.807) is 0 Å². The number of anilines is 1. The fraction of sp³-hybridized carbons (Fsp3) is 0.417. The molecule has 0 saturated carbocycles. The highest BCUT2D eigenvalue weighted by molar-refractivity contribution is 5.91. The van der Waals surface area contributed by atoms with Crippen LogP contribution in [0.15, 0.2) is 18.2 Å². The molecule has 1 saturated heterocycles. The summed E-state index contributed by atoms with van der Waals surface area (Å²) in [6.07, 6.45) is 2.20. The number of hydrogen-bond donors (Lipinski definition) is 2. The van der Waals surface area contributed by atoms with Crippen molar-refractivity contribution >= 4 is 11.6 Å². The van der Waals surface area contributed by atoms with Crippen molar-refractivity contribution in [3.63, 3.8) is 0 Å². The van der Waals surface area contributed by atoms with E-state index in [0.29, 0.717) is 0 Å². The Bertz CT molecular complexity index is 397. The first-order valence-corrected chi connectivity index (χ1v) is 5.64. The highest BCUT2D eigenvalue weighted by Crippen LogP contribution is 2.19. The highest BCUT2D eigenvalue weighted by Gasteiger charge is 2.19. The van der Waals surface area contributed by atoms with Crippen LogP contribution in [0, 0.1) is 11.6 Å². The minimum Gasteiger partial charge on any atom is -0.321 e. The lowest BCUT2D eigenvalue weighted by Gasteiger charge is -2.11. The summed E-state index contributed by atoms with van der Waals surface area (Å²) in [6, 6.07) is 3.61. The van der Waals surface area contributed by atoms with Gasteiger partial charge in [0, 0.05) is 12.5 Å². The smallest absolute Gasteiger partial charge is 0.226 e. The molecular weight excluding hydrogens is 226 g/mol. The van der Waals surface area contributed by atoms with E-state index in [1.807, 2.05) is 0 Å². The normalized spacial score (nSPS) is 19.3. The summed E-state index contributed by atoms with van der Waals surface area (Å²) in [5, 5.41) is 5.43. The summed E-state index contributed by atoms with van der Waals surface area (Å²) in [7, 11) is 0. The van der Waals surface area contributed by atoms with Crippen LogP contribution in [0.1, 0.15) is 19.3 Å². The number of nitrogens with one attached hydrogen (secondary N) is 2. The van der Waals surface area contributed by atoms with E-state index in [4.69, 9.17) is 0 Å². The predicted molar refractivity (Wildman–Crippen MR) is 60.6 cm³/mol. The van der Waals surface area contributed by atoms with Gasteiger partial charge in [0.2, 0.25) is 5.91 Å². The van der Waals surface area contributed by atoms with E-state index in [9.17, 15) is 13.6 Å². The Hall–Kier alpha value is -1.49. The second kappa shape index (κ2) is 5.23. The Morgan fingerprint density at radius 2 is 2.12 bits per heavy atom. The molecule has 0 aromatic heterocycles. The maximum absolute atomic E-state index is 13.3. The molecule has 1 atom stereocenters. The van der Waals surface area contributed by atoms with Crippen LogP contribution < -0.4 is 10.6 Å². The van der Waals surface area contributed by atoms with Crippen molar-refractivity contribution < 1.29 is 13.6 Å². The first-order chi connectivity index (χ1) is 8.16. The van der Waals surface area contributed by atoms with Crippen molar-refractivity contribution in [2.75, 3.05) is 11.9 Å². The molecule has 92 valence electrons. The zero-order valence-electron chi connectivity index (χ0n) is 9.30. The molecule has 2 N–H and O–H groups in total. The van der Waals surface area contributed by atoms with Gasteiger partial charge >= 0.3 is 0 Å². The lowest BCUT2D eigenvalue weighted by atomic mass is 10.1. The second-order valence-electron chi connectivity index (χ2n) is 4.14. The molecule has 1 heterocycles. The minimum atomic E-state index is -0.752. The largest absolute Gasteiger partial charge is 0.321 e. The maximum atomic E-state index is 13.3. The van der Waals surface area contributed by atoms with Crippen molar-refractivity contribution in [3.05, 3.63) is 29.8 Å². The maximum Gasteiger partial charge on any atom is 0.226 e. The topological polar surface area (TPSA) is 41.1 Å². The van der Waals surface area contributed by atoms with Gasteiger partial charge in [-0.1, -0.05) is 6.07 Å². The monoisotopic (exact) mass is 240 g/mol. The molecular formula is C12H14F2N2O. The predicted octanol–water partition coefficient (Wildman–Crippen LogP) is 2.05. The average Bonchev–Trinajstić information content (AvgIpc) is 2.76. The van der Waals surface area contributed by atoms with Crippen LogP contribution in [0.4, 0.5) is 14.5 Å². The van der Waals surface area contributed by atoms with Crippen LogP contribution in [0.3, 0.4) is 0 Å². The summed E-state index contributed by atoms with van der Waals surface area (Å²) >= 11 is 0. The fourth-order valence-electron chi connectivity index (χ4n) is 1.96. The zero-order chi connectivity index (χ0) is 12.3. The minimum absolute atomic E-state index is 0.116. The van der Waals surface area contributed by atoms with Crippen LogP contribution in [-0.2, 0) is 4.79 Å². The Labute approximate surface area is 98.2 Å². The molecule has 1 aromatic rings. The third-order valence-corrected chi connectivity index (χ3v) is 2.82. The number of halogens is 2.